The zero-order chi connectivity index (χ0) is 15.1. The van der Waals surface area contributed by atoms with Crippen molar-refractivity contribution in [3.05, 3.63) is 33.8 Å². The summed E-state index contributed by atoms with van der Waals surface area (Å²) in [4.78, 5) is 34.0. The molecular formula is C12H12Cl2N2O4. The second-order valence-electron chi connectivity index (χ2n) is 3.61. The Bertz CT molecular complexity index is 534. The minimum atomic E-state index is -0.780. The number of urea groups is 1. The first-order valence-corrected chi connectivity index (χ1v) is 6.39. The van der Waals surface area contributed by atoms with Crippen LogP contribution < -0.4 is 10.6 Å². The molecule has 0 aliphatic heterocycles. The molecule has 1 rings (SSSR count). The number of amides is 3. The van der Waals surface area contributed by atoms with Gasteiger partial charge in [-0.2, -0.15) is 0 Å². The molecule has 2 N–H and O–H groups in total. The molecule has 1 aromatic carbocycles. The lowest BCUT2D eigenvalue weighted by Gasteiger charge is -2.07. The van der Waals surface area contributed by atoms with Gasteiger partial charge in [0.15, 0.2) is 6.61 Å². The predicted molar refractivity (Wildman–Crippen MR) is 74.0 cm³/mol. The summed E-state index contributed by atoms with van der Waals surface area (Å²) in [6, 6.07) is 3.58. The maximum absolute atomic E-state index is 11.7. The Morgan fingerprint density at radius 1 is 1.25 bits per heavy atom. The van der Waals surface area contributed by atoms with Crippen molar-refractivity contribution in [3.8, 4) is 0 Å². The zero-order valence-electron chi connectivity index (χ0n) is 10.5. The molecule has 0 aliphatic carbocycles. The van der Waals surface area contributed by atoms with Crippen molar-refractivity contribution >= 4 is 41.1 Å². The van der Waals surface area contributed by atoms with Crippen LogP contribution in [0.2, 0.25) is 10.0 Å². The fraction of sp³-hybridized carbons (Fsp3) is 0.250. The molecule has 0 bridgehead atoms. The lowest BCUT2D eigenvalue weighted by Crippen LogP contribution is -2.41. The molecule has 0 spiro atoms. The molecular weight excluding hydrogens is 307 g/mol. The highest BCUT2D eigenvalue weighted by atomic mass is 35.5. The van der Waals surface area contributed by atoms with Crippen LogP contribution in [0.3, 0.4) is 0 Å². The Balaban J connectivity index is 2.51. The summed E-state index contributed by atoms with van der Waals surface area (Å²) in [6.07, 6.45) is 0. The SMILES string of the molecule is CCNC(=O)NC(=O)COC(=O)c1ccc(Cl)cc1Cl. The number of imide groups is 1. The maximum atomic E-state index is 11.7. The van der Waals surface area contributed by atoms with Crippen molar-refractivity contribution in [1.82, 2.24) is 10.6 Å². The highest BCUT2D eigenvalue weighted by Gasteiger charge is 2.15. The van der Waals surface area contributed by atoms with Gasteiger partial charge in [0.1, 0.15) is 0 Å². The molecule has 0 fully saturated rings. The molecule has 0 saturated heterocycles. The molecule has 0 aliphatic rings. The van der Waals surface area contributed by atoms with Gasteiger partial charge in [0, 0.05) is 11.6 Å². The number of carbonyl (C=O) groups excluding carboxylic acids is 3. The monoisotopic (exact) mass is 318 g/mol. The number of esters is 1. The summed E-state index contributed by atoms with van der Waals surface area (Å²) in [5.74, 6) is -1.52. The molecule has 0 saturated carbocycles. The van der Waals surface area contributed by atoms with Crippen LogP contribution in [0, 0.1) is 0 Å². The molecule has 6 nitrogen and oxygen atoms in total. The van der Waals surface area contributed by atoms with E-state index in [1.165, 1.54) is 18.2 Å². The zero-order valence-corrected chi connectivity index (χ0v) is 12.0. The second kappa shape index (κ2) is 7.72. The van der Waals surface area contributed by atoms with E-state index in [4.69, 9.17) is 27.9 Å². The maximum Gasteiger partial charge on any atom is 0.340 e. The summed E-state index contributed by atoms with van der Waals surface area (Å²) in [5, 5.41) is 4.85. The van der Waals surface area contributed by atoms with Gasteiger partial charge >= 0.3 is 12.0 Å². The number of ether oxygens (including phenoxy) is 1. The van der Waals surface area contributed by atoms with Crippen LogP contribution >= 0.6 is 23.2 Å². The highest BCUT2D eigenvalue weighted by Crippen LogP contribution is 2.21. The minimum Gasteiger partial charge on any atom is -0.452 e. The third-order valence-electron chi connectivity index (χ3n) is 2.08. The molecule has 1 aromatic rings. The number of carbonyl (C=O) groups is 3. The van der Waals surface area contributed by atoms with E-state index in [-0.39, 0.29) is 10.6 Å². The summed E-state index contributed by atoms with van der Waals surface area (Å²) in [7, 11) is 0. The molecule has 3 amide bonds. The van der Waals surface area contributed by atoms with Gasteiger partial charge in [-0.25, -0.2) is 9.59 Å². The van der Waals surface area contributed by atoms with Gasteiger partial charge in [-0.05, 0) is 25.1 Å². The first-order valence-electron chi connectivity index (χ1n) is 5.64. The lowest BCUT2D eigenvalue weighted by molar-refractivity contribution is -0.123. The lowest BCUT2D eigenvalue weighted by atomic mass is 10.2. The van der Waals surface area contributed by atoms with Gasteiger partial charge in [0.05, 0.1) is 10.6 Å². The topological polar surface area (TPSA) is 84.5 Å². The average molecular weight is 319 g/mol. The van der Waals surface area contributed by atoms with Crippen molar-refractivity contribution in [2.45, 2.75) is 6.92 Å². The van der Waals surface area contributed by atoms with E-state index in [1.807, 2.05) is 5.32 Å². The van der Waals surface area contributed by atoms with Crippen LogP contribution in [0.1, 0.15) is 17.3 Å². The third-order valence-corrected chi connectivity index (χ3v) is 2.62. The Labute approximate surface area is 125 Å². The van der Waals surface area contributed by atoms with E-state index < -0.39 is 24.5 Å². The van der Waals surface area contributed by atoms with Gasteiger partial charge in [-0.15, -0.1) is 0 Å². The first kappa shape index (κ1) is 16.3. The molecule has 108 valence electrons. The van der Waals surface area contributed by atoms with Gasteiger partial charge < -0.3 is 10.1 Å². The second-order valence-corrected chi connectivity index (χ2v) is 4.45. The normalized spacial score (nSPS) is 9.75. The molecule has 0 radical (unpaired) electrons. The first-order chi connectivity index (χ1) is 9.43. The van der Waals surface area contributed by atoms with Crippen LogP contribution in [-0.4, -0.2) is 31.1 Å². The molecule has 0 heterocycles. The smallest absolute Gasteiger partial charge is 0.340 e. The van der Waals surface area contributed by atoms with Gasteiger partial charge in [-0.1, -0.05) is 23.2 Å². The van der Waals surface area contributed by atoms with E-state index in [2.05, 4.69) is 5.32 Å². The van der Waals surface area contributed by atoms with Crippen molar-refractivity contribution in [1.29, 1.82) is 0 Å². The van der Waals surface area contributed by atoms with Crippen LogP contribution in [-0.2, 0) is 9.53 Å². The van der Waals surface area contributed by atoms with Crippen LogP contribution in [0.25, 0.3) is 0 Å². The summed E-state index contributed by atoms with van der Waals surface area (Å²) in [5.41, 5.74) is 0.0851. The number of hydrogen-bond donors (Lipinski definition) is 2. The molecule has 0 aromatic heterocycles. The number of benzene rings is 1. The standard InChI is InChI=1S/C12H12Cl2N2O4/c1-2-15-12(19)16-10(17)6-20-11(18)8-4-3-7(13)5-9(8)14/h3-5H,2,6H2,1H3,(H2,15,16,17,19). The number of halogens is 2. The minimum absolute atomic E-state index is 0.0851. The fourth-order valence-corrected chi connectivity index (χ4v) is 1.72. The third kappa shape index (κ3) is 5.07. The highest BCUT2D eigenvalue weighted by molar-refractivity contribution is 6.36. The van der Waals surface area contributed by atoms with Gasteiger partial charge in [0.25, 0.3) is 5.91 Å². The number of rotatable bonds is 4. The fourth-order valence-electron chi connectivity index (χ4n) is 1.23. The summed E-state index contributed by atoms with van der Waals surface area (Å²) < 4.78 is 4.73. The largest absolute Gasteiger partial charge is 0.452 e. The number of hydrogen-bond acceptors (Lipinski definition) is 4. The van der Waals surface area contributed by atoms with Crippen molar-refractivity contribution in [2.75, 3.05) is 13.2 Å². The average Bonchev–Trinajstić information content (AvgIpc) is 2.36. The predicted octanol–water partition coefficient (Wildman–Crippen LogP) is 2.00. The van der Waals surface area contributed by atoms with E-state index in [0.717, 1.165) is 0 Å². The summed E-state index contributed by atoms with van der Waals surface area (Å²) >= 11 is 11.5. The van der Waals surface area contributed by atoms with Crippen LogP contribution in [0.5, 0.6) is 0 Å². The van der Waals surface area contributed by atoms with E-state index in [0.29, 0.717) is 11.6 Å². The Kier molecular flexibility index (Phi) is 6.27. The van der Waals surface area contributed by atoms with Gasteiger partial charge in [0.2, 0.25) is 0 Å². The molecule has 0 unspecified atom stereocenters. The van der Waals surface area contributed by atoms with Crippen molar-refractivity contribution in [3.63, 3.8) is 0 Å². The van der Waals surface area contributed by atoms with Crippen molar-refractivity contribution in [2.24, 2.45) is 0 Å². The molecule has 8 heteroatoms. The molecule has 20 heavy (non-hydrogen) atoms. The van der Waals surface area contributed by atoms with Crippen LogP contribution in [0.4, 0.5) is 4.79 Å². The molecule has 0 atom stereocenters. The Hall–Kier alpha value is -1.79. The van der Waals surface area contributed by atoms with Gasteiger partial charge in [-0.3, -0.25) is 10.1 Å². The Morgan fingerprint density at radius 3 is 2.55 bits per heavy atom. The van der Waals surface area contributed by atoms with E-state index in [9.17, 15) is 14.4 Å². The Morgan fingerprint density at radius 2 is 1.95 bits per heavy atom. The van der Waals surface area contributed by atoms with E-state index in [1.54, 1.807) is 6.92 Å². The number of nitrogens with one attached hydrogen (secondary N) is 2. The summed E-state index contributed by atoms with van der Waals surface area (Å²) in [6.45, 7) is 1.49. The van der Waals surface area contributed by atoms with E-state index >= 15 is 0 Å². The van der Waals surface area contributed by atoms with Crippen LogP contribution in [0.15, 0.2) is 18.2 Å². The quantitative estimate of drug-likeness (QED) is 0.831. The van der Waals surface area contributed by atoms with Crippen molar-refractivity contribution < 1.29 is 19.1 Å².